The van der Waals surface area contributed by atoms with Crippen molar-refractivity contribution in [3.05, 3.63) is 34.0 Å². The van der Waals surface area contributed by atoms with Crippen LogP contribution in [0.1, 0.15) is 0 Å². The zero-order chi connectivity index (χ0) is 13.6. The Morgan fingerprint density at radius 3 is 2.63 bits per heavy atom. The molecule has 0 aliphatic rings. The van der Waals surface area contributed by atoms with Crippen LogP contribution in [0.2, 0.25) is 0 Å². The van der Waals surface area contributed by atoms with Crippen LogP contribution in [0.25, 0.3) is 21.9 Å². The molecule has 1 aromatic carbocycles. The van der Waals surface area contributed by atoms with Gasteiger partial charge in [-0.2, -0.15) is 0 Å². The second-order valence-corrected chi connectivity index (χ2v) is 3.80. The second-order valence-electron chi connectivity index (χ2n) is 3.80. The van der Waals surface area contributed by atoms with Gasteiger partial charge in [-0.15, -0.1) is 0 Å². The molecule has 0 spiro atoms. The number of hydrogen-bond acceptors (Lipinski definition) is 6. The highest BCUT2D eigenvalue weighted by Crippen LogP contribution is 2.40. The normalized spacial score (nSPS) is 11.1. The van der Waals surface area contributed by atoms with E-state index < -0.39 is 5.43 Å². The molecule has 0 radical (unpaired) electrons. The summed E-state index contributed by atoms with van der Waals surface area (Å²) in [6.07, 6.45) is 2.22. The van der Waals surface area contributed by atoms with Crippen molar-refractivity contribution in [2.75, 3.05) is 14.2 Å². The third-order valence-corrected chi connectivity index (χ3v) is 2.84. The van der Waals surface area contributed by atoms with Gasteiger partial charge in [0.1, 0.15) is 11.3 Å². The standard InChI is InChI=1S/C12H9NO6/c1-16-9-6-3-4-18-10(6)12(17-2)11-8(9)7(14)5-13(15)19-11/h3-5H,1-2H3. The summed E-state index contributed by atoms with van der Waals surface area (Å²) in [5.41, 5.74) is -0.181. The molecule has 2 aromatic heterocycles. The van der Waals surface area contributed by atoms with Crippen molar-refractivity contribution < 1.29 is 23.3 Å². The summed E-state index contributed by atoms with van der Waals surface area (Å²) < 4.78 is 20.7. The van der Waals surface area contributed by atoms with Gasteiger partial charge in [0.15, 0.2) is 11.3 Å². The lowest BCUT2D eigenvalue weighted by Gasteiger charge is -2.10. The van der Waals surface area contributed by atoms with Gasteiger partial charge in [-0.1, -0.05) is 0 Å². The fraction of sp³-hybridized carbons (Fsp3) is 0.167. The van der Waals surface area contributed by atoms with Gasteiger partial charge in [0.05, 0.1) is 31.3 Å². The molecule has 7 nitrogen and oxygen atoms in total. The van der Waals surface area contributed by atoms with Gasteiger partial charge in [0.25, 0.3) is 11.6 Å². The zero-order valence-corrected chi connectivity index (χ0v) is 10.1. The summed E-state index contributed by atoms with van der Waals surface area (Å²) in [6, 6.07) is 1.65. The number of fused-ring (bicyclic) bond motifs is 2. The lowest BCUT2D eigenvalue weighted by atomic mass is 10.1. The van der Waals surface area contributed by atoms with E-state index >= 15 is 0 Å². The maximum Gasteiger partial charge on any atom is 0.281 e. The summed E-state index contributed by atoms with van der Waals surface area (Å²) in [5, 5.41) is 12.0. The first kappa shape index (κ1) is 11.4. The first-order chi connectivity index (χ1) is 9.17. The molecule has 98 valence electrons. The average Bonchev–Trinajstić information content (AvgIpc) is 2.84. The summed E-state index contributed by atoms with van der Waals surface area (Å²) in [7, 11) is 2.82. The topological polar surface area (TPSA) is 88.8 Å². The van der Waals surface area contributed by atoms with Gasteiger partial charge in [-0.05, 0) is 6.07 Å². The molecule has 0 fully saturated rings. The minimum Gasteiger partial charge on any atom is -0.495 e. The maximum absolute atomic E-state index is 12.0. The molecule has 0 saturated heterocycles. The van der Waals surface area contributed by atoms with Crippen LogP contribution in [0.3, 0.4) is 0 Å². The number of hydrogen-bond donors (Lipinski definition) is 0. The van der Waals surface area contributed by atoms with Crippen LogP contribution in [0, 0.1) is 5.21 Å². The van der Waals surface area contributed by atoms with E-state index in [1.54, 1.807) is 6.07 Å². The van der Waals surface area contributed by atoms with E-state index in [4.69, 9.17) is 18.4 Å². The first-order valence-electron chi connectivity index (χ1n) is 5.36. The molecule has 0 atom stereocenters. The highest BCUT2D eigenvalue weighted by atomic mass is 16.7. The second kappa shape index (κ2) is 3.91. The predicted molar refractivity (Wildman–Crippen MR) is 64.3 cm³/mol. The van der Waals surface area contributed by atoms with E-state index in [2.05, 4.69) is 0 Å². The molecule has 2 heterocycles. The predicted octanol–water partition coefficient (Wildman–Crippen LogP) is 1.19. The lowest BCUT2D eigenvalue weighted by Crippen LogP contribution is -2.30. The van der Waals surface area contributed by atoms with Crippen molar-refractivity contribution in [3.63, 3.8) is 0 Å². The molecule has 3 rings (SSSR count). The maximum atomic E-state index is 12.0. The molecule has 0 unspecified atom stereocenters. The smallest absolute Gasteiger partial charge is 0.281 e. The SMILES string of the molecule is COc1c2occc2c(OC)c2c(=O)c[n+]([O-])oc12. The van der Waals surface area contributed by atoms with Crippen molar-refractivity contribution in [2.24, 2.45) is 0 Å². The monoisotopic (exact) mass is 263 g/mol. The summed E-state index contributed by atoms with van der Waals surface area (Å²) in [5.74, 6) is 0.465. The number of benzene rings is 1. The van der Waals surface area contributed by atoms with Gasteiger partial charge in [-0.3, -0.25) is 10.0 Å². The molecule has 7 heteroatoms. The van der Waals surface area contributed by atoms with E-state index in [0.717, 1.165) is 6.20 Å². The van der Waals surface area contributed by atoms with Crippen molar-refractivity contribution in [2.45, 2.75) is 0 Å². The Bertz CT molecular complexity index is 831. The lowest BCUT2D eigenvalue weighted by molar-refractivity contribution is -0.793. The van der Waals surface area contributed by atoms with Crippen LogP contribution < -0.4 is 19.8 Å². The third-order valence-electron chi connectivity index (χ3n) is 2.84. The van der Waals surface area contributed by atoms with E-state index in [0.29, 0.717) is 11.0 Å². The minimum absolute atomic E-state index is 0.00991. The van der Waals surface area contributed by atoms with Gasteiger partial charge < -0.3 is 18.4 Å². The minimum atomic E-state index is -0.519. The Labute approximate surface area is 106 Å². The van der Waals surface area contributed by atoms with Crippen LogP contribution in [0.5, 0.6) is 11.5 Å². The number of aromatic nitrogens is 1. The molecule has 0 bridgehead atoms. The van der Waals surface area contributed by atoms with Crippen molar-refractivity contribution in [1.82, 2.24) is 0 Å². The number of methoxy groups -OCH3 is 2. The van der Waals surface area contributed by atoms with Crippen LogP contribution >= 0.6 is 0 Å². The molecular formula is C12H9NO6. The van der Waals surface area contributed by atoms with Gasteiger partial charge in [0, 0.05) is 4.90 Å². The molecule has 19 heavy (non-hydrogen) atoms. The van der Waals surface area contributed by atoms with E-state index in [9.17, 15) is 10.0 Å². The highest BCUT2D eigenvalue weighted by Gasteiger charge is 2.21. The Morgan fingerprint density at radius 2 is 1.95 bits per heavy atom. The van der Waals surface area contributed by atoms with E-state index in [1.165, 1.54) is 20.5 Å². The Morgan fingerprint density at radius 1 is 1.21 bits per heavy atom. The fourth-order valence-corrected chi connectivity index (χ4v) is 2.10. The van der Waals surface area contributed by atoms with Crippen molar-refractivity contribution in [3.8, 4) is 11.5 Å². The van der Waals surface area contributed by atoms with Crippen LogP contribution in [-0.4, -0.2) is 14.2 Å². The Hall–Kier alpha value is -2.70. The molecule has 0 amide bonds. The molecule has 0 aliphatic carbocycles. The molecular weight excluding hydrogens is 254 g/mol. The molecule has 3 aromatic rings. The molecule has 0 saturated carbocycles. The zero-order valence-electron chi connectivity index (χ0n) is 10.1. The highest BCUT2D eigenvalue weighted by molar-refractivity contribution is 6.06. The van der Waals surface area contributed by atoms with Crippen molar-refractivity contribution in [1.29, 1.82) is 0 Å². The number of rotatable bonds is 2. The summed E-state index contributed by atoms with van der Waals surface area (Å²) in [4.78, 5) is 12.0. The average molecular weight is 263 g/mol. The van der Waals surface area contributed by atoms with E-state index in [-0.39, 0.29) is 27.4 Å². The number of nitrogens with zero attached hydrogens (tertiary/aromatic N) is 1. The largest absolute Gasteiger partial charge is 0.495 e. The number of ether oxygens (including phenoxy) is 2. The van der Waals surface area contributed by atoms with Gasteiger partial charge in [0.2, 0.25) is 0 Å². The fourth-order valence-electron chi connectivity index (χ4n) is 2.10. The quantitative estimate of drug-likeness (QED) is 0.645. The molecule has 0 aliphatic heterocycles. The number of furan rings is 1. The van der Waals surface area contributed by atoms with Crippen molar-refractivity contribution >= 4 is 21.9 Å². The van der Waals surface area contributed by atoms with Crippen LogP contribution in [-0.2, 0) is 0 Å². The summed E-state index contributed by atoms with van der Waals surface area (Å²) >= 11 is 0. The van der Waals surface area contributed by atoms with E-state index in [1.807, 2.05) is 0 Å². The van der Waals surface area contributed by atoms with Gasteiger partial charge in [-0.25, -0.2) is 0 Å². The Balaban J connectivity index is 2.68. The Kier molecular flexibility index (Phi) is 2.34. The summed E-state index contributed by atoms with van der Waals surface area (Å²) in [6.45, 7) is 0. The van der Waals surface area contributed by atoms with Crippen LogP contribution in [0.4, 0.5) is 0 Å². The first-order valence-corrected chi connectivity index (χ1v) is 5.36. The third kappa shape index (κ3) is 1.44. The van der Waals surface area contributed by atoms with Gasteiger partial charge >= 0.3 is 0 Å². The van der Waals surface area contributed by atoms with Crippen LogP contribution in [0.15, 0.2) is 32.3 Å². The molecule has 0 N–H and O–H groups in total.